The summed E-state index contributed by atoms with van der Waals surface area (Å²) in [5.74, 6) is -2.93. The Hall–Kier alpha value is -2.48. The third-order valence-corrected chi connectivity index (χ3v) is 4.34. The molecule has 0 bridgehead atoms. The van der Waals surface area contributed by atoms with E-state index in [0.717, 1.165) is 0 Å². The molecule has 1 aliphatic heterocycles. The Labute approximate surface area is 142 Å². The maximum absolute atomic E-state index is 13.2. The van der Waals surface area contributed by atoms with Crippen molar-refractivity contribution in [1.29, 1.82) is 0 Å². The van der Waals surface area contributed by atoms with Crippen LogP contribution in [0.25, 0.3) is 0 Å². The summed E-state index contributed by atoms with van der Waals surface area (Å²) in [7, 11) is 3.30. The average Bonchev–Trinajstić information content (AvgIpc) is 3.00. The Kier molecular flexibility index (Phi) is 4.23. The van der Waals surface area contributed by atoms with E-state index >= 15 is 0 Å². The molecule has 0 spiro atoms. The van der Waals surface area contributed by atoms with E-state index in [0.29, 0.717) is 17.4 Å². The summed E-state index contributed by atoms with van der Waals surface area (Å²) in [6.07, 6.45) is 0. The molecule has 0 saturated carbocycles. The predicted octanol–water partition coefficient (Wildman–Crippen LogP) is 1.42. The maximum atomic E-state index is 13.2. The zero-order chi connectivity index (χ0) is 17.4. The Morgan fingerprint density at radius 1 is 1.42 bits per heavy atom. The molecule has 2 amide bonds. The number of likely N-dealkylation sites (N-methyl/N-ethyl adjacent to an activating group) is 1. The number of carbonyl (C=O) groups is 2. The SMILES string of the molecule is CN1C[C@H](c2cc(Cl)n(C)n2)[C@@H](C(=O)Nc2cccc(F)n2)C1=O. The Bertz CT molecular complexity index is 789. The summed E-state index contributed by atoms with van der Waals surface area (Å²) in [6, 6.07) is 5.69. The van der Waals surface area contributed by atoms with Crippen LogP contribution in [0.3, 0.4) is 0 Å². The summed E-state index contributed by atoms with van der Waals surface area (Å²) in [5.41, 5.74) is 0.563. The number of aryl methyl sites for hydroxylation is 1. The molecule has 9 heteroatoms. The Morgan fingerprint density at radius 2 is 2.17 bits per heavy atom. The highest BCUT2D eigenvalue weighted by molar-refractivity contribution is 6.29. The summed E-state index contributed by atoms with van der Waals surface area (Å²) in [4.78, 5) is 30.0. The number of hydrogen-bond acceptors (Lipinski definition) is 4. The average molecular weight is 352 g/mol. The molecule has 126 valence electrons. The van der Waals surface area contributed by atoms with E-state index in [1.54, 1.807) is 20.2 Å². The molecule has 1 aliphatic rings. The molecule has 2 aromatic rings. The number of rotatable bonds is 3. The standard InChI is InChI=1S/C15H15ClFN5O2/c1-21-7-8(9-6-10(16)22(2)20-9)13(15(21)24)14(23)19-12-5-3-4-11(17)18-12/h3-6,8,13H,7H2,1-2H3,(H,18,19,23)/t8-,13+/m1/s1. The maximum Gasteiger partial charge on any atom is 0.238 e. The fraction of sp³-hybridized carbons (Fsp3) is 0.333. The largest absolute Gasteiger partial charge is 0.344 e. The molecule has 7 nitrogen and oxygen atoms in total. The Balaban J connectivity index is 1.87. The topological polar surface area (TPSA) is 80.1 Å². The highest BCUT2D eigenvalue weighted by Gasteiger charge is 2.45. The molecule has 0 radical (unpaired) electrons. The van der Waals surface area contributed by atoms with E-state index in [4.69, 9.17) is 11.6 Å². The molecular formula is C15H15ClFN5O2. The zero-order valence-corrected chi connectivity index (χ0v) is 13.8. The summed E-state index contributed by atoms with van der Waals surface area (Å²) >= 11 is 6.00. The lowest BCUT2D eigenvalue weighted by molar-refractivity contribution is -0.135. The highest BCUT2D eigenvalue weighted by atomic mass is 35.5. The zero-order valence-electron chi connectivity index (χ0n) is 13.0. The molecule has 2 aromatic heterocycles. The van der Waals surface area contributed by atoms with Crippen LogP contribution in [-0.4, -0.2) is 45.1 Å². The van der Waals surface area contributed by atoms with Crippen LogP contribution in [0.15, 0.2) is 24.3 Å². The van der Waals surface area contributed by atoms with Gasteiger partial charge in [-0.2, -0.15) is 9.49 Å². The minimum atomic E-state index is -0.967. The van der Waals surface area contributed by atoms with Crippen molar-refractivity contribution in [2.24, 2.45) is 13.0 Å². The van der Waals surface area contributed by atoms with Crippen molar-refractivity contribution in [3.05, 3.63) is 41.1 Å². The van der Waals surface area contributed by atoms with Gasteiger partial charge in [0.2, 0.25) is 17.8 Å². The Morgan fingerprint density at radius 3 is 2.79 bits per heavy atom. The van der Waals surface area contributed by atoms with Crippen molar-refractivity contribution in [3.63, 3.8) is 0 Å². The van der Waals surface area contributed by atoms with Crippen molar-refractivity contribution >= 4 is 29.2 Å². The second kappa shape index (κ2) is 6.20. The number of likely N-dealkylation sites (tertiary alicyclic amines) is 1. The van der Waals surface area contributed by atoms with Gasteiger partial charge >= 0.3 is 0 Å². The second-order valence-electron chi connectivity index (χ2n) is 5.65. The lowest BCUT2D eigenvalue weighted by atomic mass is 9.91. The van der Waals surface area contributed by atoms with Crippen molar-refractivity contribution < 1.29 is 14.0 Å². The van der Waals surface area contributed by atoms with Gasteiger partial charge in [-0.05, 0) is 18.2 Å². The lowest BCUT2D eigenvalue weighted by Gasteiger charge is -2.14. The van der Waals surface area contributed by atoms with E-state index < -0.39 is 23.7 Å². The van der Waals surface area contributed by atoms with Crippen LogP contribution in [0.1, 0.15) is 11.6 Å². The van der Waals surface area contributed by atoms with Gasteiger partial charge in [0.15, 0.2) is 0 Å². The molecule has 0 aliphatic carbocycles. The van der Waals surface area contributed by atoms with E-state index in [9.17, 15) is 14.0 Å². The molecule has 1 saturated heterocycles. The molecular weight excluding hydrogens is 337 g/mol. The van der Waals surface area contributed by atoms with Gasteiger partial charge < -0.3 is 10.2 Å². The van der Waals surface area contributed by atoms with Gasteiger partial charge in [-0.3, -0.25) is 14.3 Å². The molecule has 2 atom stereocenters. The number of pyridine rings is 1. The summed E-state index contributed by atoms with van der Waals surface area (Å²) < 4.78 is 14.6. The van der Waals surface area contributed by atoms with Gasteiger partial charge in [-0.25, -0.2) is 4.98 Å². The van der Waals surface area contributed by atoms with Crippen LogP contribution in [-0.2, 0) is 16.6 Å². The summed E-state index contributed by atoms with van der Waals surface area (Å²) in [5, 5.41) is 7.17. The van der Waals surface area contributed by atoms with E-state index in [1.165, 1.54) is 27.8 Å². The van der Waals surface area contributed by atoms with Crippen LogP contribution in [0.5, 0.6) is 0 Å². The van der Waals surface area contributed by atoms with Crippen molar-refractivity contribution in [1.82, 2.24) is 19.7 Å². The number of amides is 2. The third kappa shape index (κ3) is 2.96. The number of anilines is 1. The fourth-order valence-corrected chi connectivity index (χ4v) is 2.94. The van der Waals surface area contributed by atoms with Gasteiger partial charge in [0.1, 0.15) is 16.9 Å². The van der Waals surface area contributed by atoms with Crippen molar-refractivity contribution in [3.8, 4) is 0 Å². The summed E-state index contributed by atoms with van der Waals surface area (Å²) in [6.45, 7) is 0.348. The number of aromatic nitrogens is 3. The van der Waals surface area contributed by atoms with Crippen molar-refractivity contribution in [2.45, 2.75) is 5.92 Å². The molecule has 0 aromatic carbocycles. The smallest absolute Gasteiger partial charge is 0.238 e. The molecule has 3 heterocycles. The number of hydrogen-bond donors (Lipinski definition) is 1. The molecule has 3 rings (SSSR count). The van der Waals surface area contributed by atoms with Crippen LogP contribution < -0.4 is 5.32 Å². The monoisotopic (exact) mass is 351 g/mol. The second-order valence-corrected chi connectivity index (χ2v) is 6.04. The first-order valence-electron chi connectivity index (χ1n) is 7.24. The normalized spacial score (nSPS) is 20.5. The van der Waals surface area contributed by atoms with E-state index in [2.05, 4.69) is 15.4 Å². The molecule has 1 N–H and O–H groups in total. The molecule has 1 fully saturated rings. The first-order chi connectivity index (χ1) is 11.4. The number of nitrogens with one attached hydrogen (secondary N) is 1. The van der Waals surface area contributed by atoms with Crippen LogP contribution in [0, 0.1) is 11.9 Å². The highest BCUT2D eigenvalue weighted by Crippen LogP contribution is 2.34. The van der Waals surface area contributed by atoms with Crippen LogP contribution >= 0.6 is 11.6 Å². The number of carbonyl (C=O) groups excluding carboxylic acids is 2. The lowest BCUT2D eigenvalue weighted by Crippen LogP contribution is -2.33. The third-order valence-electron chi connectivity index (χ3n) is 3.99. The quantitative estimate of drug-likeness (QED) is 0.670. The molecule has 0 unspecified atom stereocenters. The van der Waals surface area contributed by atoms with Gasteiger partial charge in [-0.1, -0.05) is 17.7 Å². The van der Waals surface area contributed by atoms with Gasteiger partial charge in [0.05, 0.1) is 5.69 Å². The minimum Gasteiger partial charge on any atom is -0.344 e. The first-order valence-corrected chi connectivity index (χ1v) is 7.62. The minimum absolute atomic E-state index is 0.0557. The van der Waals surface area contributed by atoms with Gasteiger partial charge in [-0.15, -0.1) is 0 Å². The predicted molar refractivity (Wildman–Crippen MR) is 84.9 cm³/mol. The fourth-order valence-electron chi connectivity index (χ4n) is 2.79. The molecule has 24 heavy (non-hydrogen) atoms. The van der Waals surface area contributed by atoms with Gasteiger partial charge in [0, 0.05) is 26.6 Å². The van der Waals surface area contributed by atoms with Crippen LogP contribution in [0.4, 0.5) is 10.2 Å². The van der Waals surface area contributed by atoms with Crippen molar-refractivity contribution in [2.75, 3.05) is 18.9 Å². The van der Waals surface area contributed by atoms with E-state index in [1.807, 2.05) is 0 Å². The number of halogens is 2. The first kappa shape index (κ1) is 16.4. The van der Waals surface area contributed by atoms with Crippen LogP contribution in [0.2, 0.25) is 5.15 Å². The van der Waals surface area contributed by atoms with E-state index in [-0.39, 0.29) is 11.7 Å². The van der Waals surface area contributed by atoms with Gasteiger partial charge in [0.25, 0.3) is 0 Å². The number of nitrogens with zero attached hydrogens (tertiary/aromatic N) is 4.